The van der Waals surface area contributed by atoms with Crippen molar-refractivity contribution in [3.05, 3.63) is 0 Å². The zero-order valence-electron chi connectivity index (χ0n) is 19.1. The average molecular weight is 391 g/mol. The molecule has 0 radical (unpaired) electrons. The van der Waals surface area contributed by atoms with Crippen molar-refractivity contribution in [3.63, 3.8) is 0 Å². The minimum absolute atomic E-state index is 0.197. The summed E-state index contributed by atoms with van der Waals surface area (Å²) < 4.78 is 0. The van der Waals surface area contributed by atoms with Crippen LogP contribution in [0.5, 0.6) is 0 Å². The van der Waals surface area contributed by atoms with Crippen LogP contribution in [0.4, 0.5) is 0 Å². The molecule has 28 heavy (non-hydrogen) atoms. The third kappa shape index (κ3) is 4.55. The number of carbonyl (C=O) groups is 1. The van der Waals surface area contributed by atoms with Crippen molar-refractivity contribution >= 4 is 11.7 Å². The van der Waals surface area contributed by atoms with Crippen LogP contribution in [-0.4, -0.2) is 71.9 Å². The van der Waals surface area contributed by atoms with E-state index in [9.17, 15) is 4.79 Å². The van der Waals surface area contributed by atoms with Crippen molar-refractivity contribution < 1.29 is 4.79 Å². The molecule has 2 heterocycles. The second-order valence-electron chi connectivity index (χ2n) is 10.8. The van der Waals surface area contributed by atoms with Gasteiger partial charge in [-0.05, 0) is 62.8 Å². The summed E-state index contributed by atoms with van der Waals surface area (Å²) in [5.41, 5.74) is 0.0746. The molecular weight excluding hydrogens is 348 g/mol. The van der Waals surface area contributed by atoms with E-state index in [2.05, 4.69) is 56.4 Å². The molecule has 1 aliphatic carbocycles. The van der Waals surface area contributed by atoms with E-state index in [4.69, 9.17) is 4.99 Å². The van der Waals surface area contributed by atoms with Crippen LogP contribution in [0, 0.1) is 17.3 Å². The topological polar surface area (TPSA) is 39.2 Å². The number of hydrogen-bond donors (Lipinski definition) is 0. The standard InChI is InChI=1S/C23H42N4O/c1-18(2)8-7-13-27-21(28)20(26-16-14-25(6)15-17-26)24-23(27)11-9-19(10-12-23)22(3,4)5/h18-19H,7-17H2,1-6H3. The van der Waals surface area contributed by atoms with E-state index in [0.29, 0.717) is 11.3 Å². The first-order valence-electron chi connectivity index (χ1n) is 11.5. The molecular formula is C23H42N4O. The third-order valence-electron chi connectivity index (χ3n) is 7.23. The maximum Gasteiger partial charge on any atom is 0.291 e. The van der Waals surface area contributed by atoms with Gasteiger partial charge in [0.15, 0.2) is 5.84 Å². The summed E-state index contributed by atoms with van der Waals surface area (Å²) in [6.45, 7) is 16.3. The molecule has 0 aromatic rings. The van der Waals surface area contributed by atoms with Crippen LogP contribution >= 0.6 is 0 Å². The van der Waals surface area contributed by atoms with Gasteiger partial charge in [0.2, 0.25) is 0 Å². The van der Waals surface area contributed by atoms with Crippen LogP contribution in [0.25, 0.3) is 0 Å². The molecule has 1 amide bonds. The summed E-state index contributed by atoms with van der Waals surface area (Å²) in [4.78, 5) is 25.4. The number of hydrogen-bond acceptors (Lipinski definition) is 4. The largest absolute Gasteiger partial charge is 0.350 e. The number of nitrogens with zero attached hydrogens (tertiary/aromatic N) is 4. The van der Waals surface area contributed by atoms with Crippen molar-refractivity contribution in [2.75, 3.05) is 39.8 Å². The minimum atomic E-state index is -0.269. The molecule has 1 saturated heterocycles. The van der Waals surface area contributed by atoms with E-state index in [-0.39, 0.29) is 11.6 Å². The molecule has 3 rings (SSSR count). The van der Waals surface area contributed by atoms with Gasteiger partial charge in [-0.25, -0.2) is 4.99 Å². The van der Waals surface area contributed by atoms with Gasteiger partial charge < -0.3 is 14.7 Å². The Balaban J connectivity index is 1.77. The molecule has 0 atom stereocenters. The van der Waals surface area contributed by atoms with Crippen molar-refractivity contribution in [1.82, 2.24) is 14.7 Å². The van der Waals surface area contributed by atoms with Gasteiger partial charge in [-0.15, -0.1) is 0 Å². The fourth-order valence-electron chi connectivity index (χ4n) is 5.13. The summed E-state index contributed by atoms with van der Waals surface area (Å²) in [5, 5.41) is 0. The lowest BCUT2D eigenvalue weighted by molar-refractivity contribution is -0.130. The highest BCUT2D eigenvalue weighted by atomic mass is 16.2. The summed E-state index contributed by atoms with van der Waals surface area (Å²) in [5.74, 6) is 2.37. The van der Waals surface area contributed by atoms with Crippen LogP contribution in [-0.2, 0) is 4.79 Å². The molecule has 0 N–H and O–H groups in total. The van der Waals surface area contributed by atoms with Crippen molar-refractivity contribution in [3.8, 4) is 0 Å². The molecule has 5 heteroatoms. The Kier molecular flexibility index (Phi) is 6.43. The Morgan fingerprint density at radius 1 is 1.11 bits per heavy atom. The Bertz CT molecular complexity index is 576. The molecule has 2 fully saturated rings. The first-order chi connectivity index (χ1) is 13.1. The Morgan fingerprint density at radius 3 is 2.25 bits per heavy atom. The molecule has 5 nitrogen and oxygen atoms in total. The van der Waals surface area contributed by atoms with E-state index < -0.39 is 0 Å². The van der Waals surface area contributed by atoms with Crippen molar-refractivity contribution in [2.45, 2.75) is 78.8 Å². The minimum Gasteiger partial charge on any atom is -0.350 e. The number of piperazine rings is 1. The number of carbonyl (C=O) groups excluding carboxylic acids is 1. The fourth-order valence-corrected chi connectivity index (χ4v) is 5.13. The predicted molar refractivity (Wildman–Crippen MR) is 116 cm³/mol. The zero-order chi connectivity index (χ0) is 20.5. The Morgan fingerprint density at radius 2 is 1.71 bits per heavy atom. The van der Waals surface area contributed by atoms with E-state index in [1.54, 1.807) is 0 Å². The molecule has 1 saturated carbocycles. The zero-order valence-corrected chi connectivity index (χ0v) is 19.1. The lowest BCUT2D eigenvalue weighted by Crippen LogP contribution is -2.52. The normalized spacial score (nSPS) is 29.9. The van der Waals surface area contributed by atoms with E-state index in [1.165, 1.54) is 19.3 Å². The number of likely N-dealkylation sites (N-methyl/N-ethyl adjacent to an activating group) is 1. The number of rotatable bonds is 4. The van der Waals surface area contributed by atoms with E-state index in [0.717, 1.165) is 63.7 Å². The molecule has 0 aromatic heterocycles. The molecule has 0 unspecified atom stereocenters. The van der Waals surface area contributed by atoms with Gasteiger partial charge >= 0.3 is 0 Å². The van der Waals surface area contributed by atoms with Crippen LogP contribution in [0.1, 0.15) is 73.1 Å². The van der Waals surface area contributed by atoms with Gasteiger partial charge in [-0.3, -0.25) is 4.79 Å². The molecule has 1 spiro atoms. The first-order valence-corrected chi connectivity index (χ1v) is 11.5. The lowest BCUT2D eigenvalue weighted by Gasteiger charge is -2.44. The highest BCUT2D eigenvalue weighted by molar-refractivity contribution is 6.39. The molecule has 3 aliphatic rings. The molecule has 0 bridgehead atoms. The summed E-state index contributed by atoms with van der Waals surface area (Å²) >= 11 is 0. The van der Waals surface area contributed by atoms with Crippen molar-refractivity contribution in [2.24, 2.45) is 22.2 Å². The number of aliphatic imine (C=N–C) groups is 1. The van der Waals surface area contributed by atoms with E-state index >= 15 is 0 Å². The highest BCUT2D eigenvalue weighted by Crippen LogP contribution is 2.46. The number of amidine groups is 1. The van der Waals surface area contributed by atoms with Crippen LogP contribution in [0.3, 0.4) is 0 Å². The second kappa shape index (κ2) is 8.33. The lowest BCUT2D eigenvalue weighted by atomic mass is 9.69. The second-order valence-corrected chi connectivity index (χ2v) is 10.8. The SMILES string of the molecule is CC(C)CCCN1C(=O)C(N2CCN(C)CC2)=NC12CCC(C(C)(C)C)CC2. The van der Waals surface area contributed by atoms with Crippen LogP contribution in [0.2, 0.25) is 0 Å². The maximum absolute atomic E-state index is 13.5. The van der Waals surface area contributed by atoms with E-state index in [1.807, 2.05) is 0 Å². The Labute approximate surface area is 172 Å². The predicted octanol–water partition coefficient (Wildman–Crippen LogP) is 3.84. The summed E-state index contributed by atoms with van der Waals surface area (Å²) in [6, 6.07) is 0. The summed E-state index contributed by atoms with van der Waals surface area (Å²) in [7, 11) is 2.16. The third-order valence-corrected chi connectivity index (χ3v) is 7.23. The van der Waals surface area contributed by atoms with Gasteiger partial charge in [0.1, 0.15) is 5.66 Å². The first kappa shape index (κ1) is 21.6. The monoisotopic (exact) mass is 390 g/mol. The molecule has 160 valence electrons. The van der Waals surface area contributed by atoms with Crippen LogP contribution < -0.4 is 0 Å². The average Bonchev–Trinajstić information content (AvgIpc) is 2.88. The van der Waals surface area contributed by atoms with Crippen molar-refractivity contribution in [1.29, 1.82) is 0 Å². The van der Waals surface area contributed by atoms with Crippen LogP contribution in [0.15, 0.2) is 4.99 Å². The van der Waals surface area contributed by atoms with Gasteiger partial charge in [-0.2, -0.15) is 0 Å². The van der Waals surface area contributed by atoms with Gasteiger partial charge in [0, 0.05) is 32.7 Å². The molecule has 0 aromatic carbocycles. The summed E-state index contributed by atoms with van der Waals surface area (Å²) in [6.07, 6.45) is 6.67. The van der Waals surface area contributed by atoms with Gasteiger partial charge in [0.05, 0.1) is 0 Å². The Hall–Kier alpha value is -1.10. The molecule has 2 aliphatic heterocycles. The fraction of sp³-hybridized carbons (Fsp3) is 0.913. The van der Waals surface area contributed by atoms with Gasteiger partial charge in [-0.1, -0.05) is 34.6 Å². The smallest absolute Gasteiger partial charge is 0.291 e. The number of amides is 1. The maximum atomic E-state index is 13.5. The highest BCUT2D eigenvalue weighted by Gasteiger charge is 2.50. The quantitative estimate of drug-likeness (QED) is 0.732. The van der Waals surface area contributed by atoms with Gasteiger partial charge in [0.25, 0.3) is 5.91 Å².